The smallest absolute Gasteiger partial charge is 0.454 e. The van der Waals surface area contributed by atoms with Crippen LogP contribution in [0.2, 0.25) is 0 Å². The molecule has 1 aliphatic carbocycles. The first-order valence-corrected chi connectivity index (χ1v) is 18.0. The van der Waals surface area contributed by atoms with E-state index in [2.05, 4.69) is 51.0 Å². The number of esters is 1. The van der Waals surface area contributed by atoms with E-state index in [-0.39, 0.29) is 53.6 Å². The lowest BCUT2D eigenvalue weighted by molar-refractivity contribution is -0.201. The number of aromatic nitrogens is 6. The van der Waals surface area contributed by atoms with Gasteiger partial charge in [0.2, 0.25) is 5.82 Å². The number of nitrogens with zero attached hydrogens (tertiary/aromatic N) is 5. The number of anilines is 1. The Hall–Kier alpha value is -6.08. The number of alkyl halides is 3. The molecule has 0 radical (unpaired) electrons. The fraction of sp³-hybridized carbons (Fsp3) is 0.378. The molecule has 1 fully saturated rings. The second-order valence-corrected chi connectivity index (χ2v) is 13.2. The van der Waals surface area contributed by atoms with Crippen molar-refractivity contribution >= 4 is 34.9 Å². The number of aliphatic hydroxyl groups is 2. The summed E-state index contributed by atoms with van der Waals surface area (Å²) in [5.74, 6) is -3.49. The summed E-state index contributed by atoms with van der Waals surface area (Å²) in [4.78, 5) is 53.0. The molecule has 1 aliphatic rings. The number of H-pyrrole nitrogens is 1. The van der Waals surface area contributed by atoms with E-state index in [1.165, 1.54) is 17.1 Å². The third kappa shape index (κ3) is 9.40. The molecule has 0 saturated heterocycles. The highest BCUT2D eigenvalue weighted by molar-refractivity contribution is 5.94. The molecule has 56 heavy (non-hydrogen) atoms. The zero-order valence-corrected chi connectivity index (χ0v) is 30.2. The van der Waals surface area contributed by atoms with Gasteiger partial charge in [-0.1, -0.05) is 60.7 Å². The topological polar surface area (TPSA) is 221 Å². The Balaban J connectivity index is 1.25. The number of ether oxygens (including phenoxy) is 1. The molecule has 6 rings (SSSR count). The molecule has 0 aliphatic heterocycles. The second-order valence-electron chi connectivity index (χ2n) is 13.2. The summed E-state index contributed by atoms with van der Waals surface area (Å²) in [5, 5.41) is 37.9. The monoisotopic (exact) mass is 778 g/mol. The molecule has 0 unspecified atom stereocenters. The van der Waals surface area contributed by atoms with Crippen LogP contribution in [0.4, 0.5) is 23.8 Å². The van der Waals surface area contributed by atoms with E-state index in [9.17, 15) is 37.8 Å². The van der Waals surface area contributed by atoms with Gasteiger partial charge in [0, 0.05) is 49.8 Å². The van der Waals surface area contributed by atoms with Gasteiger partial charge < -0.3 is 41.2 Å². The van der Waals surface area contributed by atoms with Crippen molar-refractivity contribution in [3.05, 3.63) is 101 Å². The molecule has 3 amide bonds. The van der Waals surface area contributed by atoms with Crippen molar-refractivity contribution < 1.29 is 42.5 Å². The van der Waals surface area contributed by atoms with Gasteiger partial charge in [0.25, 0.3) is 5.91 Å². The Morgan fingerprint density at radius 3 is 2.29 bits per heavy atom. The van der Waals surface area contributed by atoms with Gasteiger partial charge in [0.15, 0.2) is 11.5 Å². The van der Waals surface area contributed by atoms with Crippen LogP contribution in [0.3, 0.4) is 0 Å². The fourth-order valence-electron chi connectivity index (χ4n) is 6.52. The number of amides is 3. The first-order valence-electron chi connectivity index (χ1n) is 18.0. The van der Waals surface area contributed by atoms with Gasteiger partial charge in [-0.25, -0.2) is 24.5 Å². The second kappa shape index (κ2) is 17.6. The number of aromatic amines is 1. The van der Waals surface area contributed by atoms with E-state index in [4.69, 9.17) is 0 Å². The number of rotatable bonds is 15. The standard InChI is InChI=1S/C37H41F3N10O6/c1-2-41-36(55)43-15-9-14-42-34(53)33-48-31(44-18-25(22-10-5-3-6-11-22)23-12-7-4-8-13-23)27-32(49-33)47-30(46-27)24-16-26(29(52)28(24)51)50-19-21(17-45-50)20-56-35(54)37(38,39)40/h3-8,10-13,17,19,24-26,28-29,51-52H,2,9,14-16,18,20H2,1H3,(H,42,53)(H2,41,43,55)(H2,44,46,47,48,49)/t24-,26-,28-,29+/m0/s1. The van der Waals surface area contributed by atoms with Gasteiger partial charge in [-0.15, -0.1) is 0 Å². The number of carbonyl (C=O) groups excluding carboxylic acids is 3. The molecule has 0 bridgehead atoms. The average molecular weight is 779 g/mol. The first kappa shape index (κ1) is 39.6. The highest BCUT2D eigenvalue weighted by atomic mass is 19.4. The lowest BCUT2D eigenvalue weighted by Gasteiger charge is -2.19. The van der Waals surface area contributed by atoms with Gasteiger partial charge in [0.1, 0.15) is 24.1 Å². The summed E-state index contributed by atoms with van der Waals surface area (Å²) < 4.78 is 43.4. The summed E-state index contributed by atoms with van der Waals surface area (Å²) in [6, 6.07) is 18.6. The molecular weight excluding hydrogens is 737 g/mol. The fourth-order valence-corrected chi connectivity index (χ4v) is 6.52. The van der Waals surface area contributed by atoms with Crippen LogP contribution in [0.1, 0.15) is 70.8 Å². The number of fused-ring (bicyclic) bond motifs is 1. The summed E-state index contributed by atoms with van der Waals surface area (Å²) in [5.41, 5.74) is 2.69. The van der Waals surface area contributed by atoms with Crippen molar-refractivity contribution in [1.29, 1.82) is 0 Å². The Kier molecular flexibility index (Phi) is 12.4. The lowest BCUT2D eigenvalue weighted by Crippen LogP contribution is -2.37. The van der Waals surface area contributed by atoms with E-state index in [1.54, 1.807) is 6.92 Å². The van der Waals surface area contributed by atoms with E-state index in [0.717, 1.165) is 11.1 Å². The zero-order valence-electron chi connectivity index (χ0n) is 30.2. The van der Waals surface area contributed by atoms with E-state index >= 15 is 0 Å². The third-order valence-electron chi connectivity index (χ3n) is 9.31. The van der Waals surface area contributed by atoms with Crippen molar-refractivity contribution in [3.8, 4) is 0 Å². The van der Waals surface area contributed by atoms with Crippen molar-refractivity contribution in [2.45, 2.75) is 62.6 Å². The number of halogens is 3. The minimum Gasteiger partial charge on any atom is -0.454 e. The number of urea groups is 1. The predicted octanol–water partition coefficient (Wildman–Crippen LogP) is 3.29. The third-order valence-corrected chi connectivity index (χ3v) is 9.31. The zero-order chi connectivity index (χ0) is 39.8. The minimum absolute atomic E-state index is 0.101. The Morgan fingerprint density at radius 2 is 1.62 bits per heavy atom. The van der Waals surface area contributed by atoms with E-state index in [1.807, 2.05) is 60.7 Å². The molecule has 19 heteroatoms. The molecule has 0 spiro atoms. The number of hydrogen-bond donors (Lipinski definition) is 7. The van der Waals surface area contributed by atoms with Crippen LogP contribution in [0, 0.1) is 0 Å². The minimum atomic E-state index is -5.15. The molecule has 1 saturated carbocycles. The van der Waals surface area contributed by atoms with Crippen LogP contribution in [-0.4, -0.2) is 102 Å². The molecular formula is C37H41F3N10O6. The lowest BCUT2D eigenvalue weighted by atomic mass is 9.91. The van der Waals surface area contributed by atoms with Gasteiger partial charge in [-0.3, -0.25) is 9.48 Å². The highest BCUT2D eigenvalue weighted by Gasteiger charge is 2.45. The van der Waals surface area contributed by atoms with E-state index < -0.39 is 48.8 Å². The van der Waals surface area contributed by atoms with Gasteiger partial charge >= 0.3 is 18.2 Å². The van der Waals surface area contributed by atoms with Crippen molar-refractivity contribution in [2.24, 2.45) is 0 Å². The number of carbonyl (C=O) groups is 3. The molecule has 296 valence electrons. The van der Waals surface area contributed by atoms with Crippen molar-refractivity contribution in [1.82, 2.24) is 45.7 Å². The number of imidazole rings is 1. The predicted molar refractivity (Wildman–Crippen MR) is 195 cm³/mol. The van der Waals surface area contributed by atoms with Crippen molar-refractivity contribution in [3.63, 3.8) is 0 Å². The van der Waals surface area contributed by atoms with Gasteiger partial charge in [0.05, 0.1) is 18.3 Å². The summed E-state index contributed by atoms with van der Waals surface area (Å²) in [6.45, 7) is 2.49. The molecule has 5 aromatic rings. The maximum absolute atomic E-state index is 13.3. The molecule has 3 aromatic heterocycles. The Bertz CT molecular complexity index is 2070. The van der Waals surface area contributed by atoms with Crippen LogP contribution >= 0.6 is 0 Å². The number of benzene rings is 2. The number of hydrogen-bond acceptors (Lipinski definition) is 11. The van der Waals surface area contributed by atoms with Crippen LogP contribution in [0.5, 0.6) is 0 Å². The van der Waals surface area contributed by atoms with Gasteiger partial charge in [-0.2, -0.15) is 18.3 Å². The maximum Gasteiger partial charge on any atom is 0.490 e. The molecule has 4 atom stereocenters. The highest BCUT2D eigenvalue weighted by Crippen LogP contribution is 2.41. The normalized spacial score (nSPS) is 18.2. The largest absolute Gasteiger partial charge is 0.490 e. The van der Waals surface area contributed by atoms with Crippen LogP contribution in [0.25, 0.3) is 11.2 Å². The Labute approximate surface area is 318 Å². The summed E-state index contributed by atoms with van der Waals surface area (Å²) in [6.07, 6.45) is -4.78. The summed E-state index contributed by atoms with van der Waals surface area (Å²) >= 11 is 0. The van der Waals surface area contributed by atoms with Crippen LogP contribution in [-0.2, 0) is 16.1 Å². The molecule has 7 N–H and O–H groups in total. The average Bonchev–Trinajstić information content (AvgIpc) is 3.91. The molecule has 3 heterocycles. The molecule has 16 nitrogen and oxygen atoms in total. The molecule has 2 aromatic carbocycles. The van der Waals surface area contributed by atoms with Crippen molar-refractivity contribution in [2.75, 3.05) is 31.5 Å². The summed E-state index contributed by atoms with van der Waals surface area (Å²) in [7, 11) is 0. The SMILES string of the molecule is CCNC(=O)NCCCNC(=O)c1nc(NCC(c2ccccc2)c2ccccc2)c2[nH]c([C@H]3C[C@H](n4cc(COC(=O)C(F)(F)F)cn4)[C@@H](O)[C@H]3O)nc2n1. The van der Waals surface area contributed by atoms with Gasteiger partial charge in [-0.05, 0) is 30.9 Å². The maximum atomic E-state index is 13.3. The number of aliphatic hydroxyl groups excluding tert-OH is 2. The first-order chi connectivity index (χ1) is 26.9. The number of nitrogens with one attached hydrogen (secondary N) is 5. The van der Waals surface area contributed by atoms with Crippen LogP contribution in [0.15, 0.2) is 73.1 Å². The Morgan fingerprint density at radius 1 is 0.946 bits per heavy atom. The quantitative estimate of drug-likeness (QED) is 0.0604. The van der Waals surface area contributed by atoms with E-state index in [0.29, 0.717) is 31.6 Å². The van der Waals surface area contributed by atoms with Crippen LogP contribution < -0.4 is 21.3 Å².